The summed E-state index contributed by atoms with van der Waals surface area (Å²) in [4.78, 5) is 12.4. The molecular weight excluding hydrogens is 292 g/mol. The first-order valence-corrected chi connectivity index (χ1v) is 6.87. The minimum Gasteiger partial charge on any atom is -0.495 e. The van der Waals surface area contributed by atoms with Crippen LogP contribution in [0, 0.1) is 10.1 Å². The molecule has 1 aromatic carbocycles. The fourth-order valence-electron chi connectivity index (χ4n) is 1.67. The van der Waals surface area contributed by atoms with Crippen molar-refractivity contribution in [1.82, 2.24) is 10.2 Å². The number of nitro groups is 1. The highest BCUT2D eigenvalue weighted by molar-refractivity contribution is 7.80. The largest absolute Gasteiger partial charge is 0.495 e. The van der Waals surface area contributed by atoms with Gasteiger partial charge in [0.15, 0.2) is 5.11 Å². The fourth-order valence-corrected chi connectivity index (χ4v) is 1.88. The van der Waals surface area contributed by atoms with E-state index >= 15 is 0 Å². The Morgan fingerprint density at radius 2 is 2.19 bits per heavy atom. The molecule has 21 heavy (non-hydrogen) atoms. The van der Waals surface area contributed by atoms with Crippen molar-refractivity contribution in [2.75, 3.05) is 39.6 Å². The summed E-state index contributed by atoms with van der Waals surface area (Å²) in [5.41, 5.74) is 0.450. The maximum atomic E-state index is 10.8. The third-order valence-electron chi connectivity index (χ3n) is 2.71. The van der Waals surface area contributed by atoms with E-state index in [0.717, 1.165) is 19.5 Å². The lowest BCUT2D eigenvalue weighted by molar-refractivity contribution is -0.384. The van der Waals surface area contributed by atoms with Gasteiger partial charge in [0.1, 0.15) is 5.75 Å². The molecule has 1 aromatic rings. The van der Waals surface area contributed by atoms with Crippen molar-refractivity contribution in [1.29, 1.82) is 0 Å². The Labute approximate surface area is 129 Å². The number of anilines is 1. The van der Waals surface area contributed by atoms with Crippen LogP contribution in [0.5, 0.6) is 5.75 Å². The van der Waals surface area contributed by atoms with Gasteiger partial charge in [-0.05, 0) is 45.3 Å². The van der Waals surface area contributed by atoms with E-state index in [1.54, 1.807) is 0 Å². The molecule has 2 N–H and O–H groups in total. The summed E-state index contributed by atoms with van der Waals surface area (Å²) < 4.78 is 5.16. The second-order valence-corrected chi connectivity index (χ2v) is 5.09. The highest BCUT2D eigenvalue weighted by atomic mass is 32.1. The number of hydrogen-bond acceptors (Lipinski definition) is 5. The molecule has 0 aromatic heterocycles. The molecule has 8 heteroatoms. The van der Waals surface area contributed by atoms with Crippen molar-refractivity contribution >= 4 is 28.7 Å². The normalized spacial score (nSPS) is 10.3. The van der Waals surface area contributed by atoms with Gasteiger partial charge in [0.2, 0.25) is 0 Å². The molecule has 0 radical (unpaired) electrons. The number of non-ortho nitro benzene ring substituents is 1. The van der Waals surface area contributed by atoms with Gasteiger partial charge >= 0.3 is 0 Å². The third kappa shape index (κ3) is 5.92. The van der Waals surface area contributed by atoms with Crippen LogP contribution in [0.2, 0.25) is 0 Å². The predicted octanol–water partition coefficient (Wildman–Crippen LogP) is 1.84. The molecule has 7 nitrogen and oxygen atoms in total. The molecule has 0 aliphatic rings. The predicted molar refractivity (Wildman–Crippen MR) is 87.0 cm³/mol. The molecule has 0 spiro atoms. The molecule has 0 heterocycles. The summed E-state index contributed by atoms with van der Waals surface area (Å²) in [7, 11) is 5.51. The van der Waals surface area contributed by atoms with Crippen molar-refractivity contribution in [3.63, 3.8) is 0 Å². The van der Waals surface area contributed by atoms with Crippen molar-refractivity contribution in [3.8, 4) is 5.75 Å². The van der Waals surface area contributed by atoms with E-state index in [1.165, 1.54) is 25.3 Å². The maximum Gasteiger partial charge on any atom is 0.271 e. The average Bonchev–Trinajstić information content (AvgIpc) is 2.43. The van der Waals surface area contributed by atoms with Crippen LogP contribution in [-0.2, 0) is 0 Å². The molecule has 0 unspecified atom stereocenters. The number of thiocarbonyl (C=S) groups is 1. The number of nitrogens with one attached hydrogen (secondary N) is 2. The molecule has 1 rings (SSSR count). The van der Waals surface area contributed by atoms with Gasteiger partial charge < -0.3 is 20.3 Å². The Morgan fingerprint density at radius 3 is 2.76 bits per heavy atom. The van der Waals surface area contributed by atoms with Crippen LogP contribution in [0.4, 0.5) is 11.4 Å². The summed E-state index contributed by atoms with van der Waals surface area (Å²) in [6, 6.07) is 4.32. The van der Waals surface area contributed by atoms with Crippen LogP contribution >= 0.6 is 12.2 Å². The van der Waals surface area contributed by atoms with E-state index in [4.69, 9.17) is 17.0 Å². The van der Waals surface area contributed by atoms with Gasteiger partial charge in [-0.1, -0.05) is 0 Å². The van der Waals surface area contributed by atoms with E-state index < -0.39 is 4.92 Å². The first-order chi connectivity index (χ1) is 9.93. The topological polar surface area (TPSA) is 79.7 Å². The van der Waals surface area contributed by atoms with Crippen LogP contribution in [0.15, 0.2) is 18.2 Å². The van der Waals surface area contributed by atoms with Gasteiger partial charge in [-0.15, -0.1) is 0 Å². The fraction of sp³-hybridized carbons (Fsp3) is 0.462. The summed E-state index contributed by atoms with van der Waals surface area (Å²) in [6.45, 7) is 1.68. The summed E-state index contributed by atoms with van der Waals surface area (Å²) in [6.07, 6.45) is 0.945. The van der Waals surface area contributed by atoms with E-state index in [-0.39, 0.29) is 5.69 Å². The number of nitro benzene ring substituents is 1. The van der Waals surface area contributed by atoms with E-state index in [0.29, 0.717) is 16.5 Å². The van der Waals surface area contributed by atoms with Crippen molar-refractivity contribution in [2.45, 2.75) is 6.42 Å². The average molecular weight is 312 g/mol. The standard InChI is InChI=1S/C13H20N4O3S/c1-16(2)8-4-7-14-13(21)15-11-9-10(17(18)19)5-6-12(11)20-3/h5-6,9H,4,7-8H2,1-3H3,(H2,14,15,21). The second kappa shape index (κ2) is 8.38. The number of ether oxygens (including phenoxy) is 1. The summed E-state index contributed by atoms with van der Waals surface area (Å²) >= 11 is 5.17. The first kappa shape index (κ1) is 17.1. The monoisotopic (exact) mass is 312 g/mol. The smallest absolute Gasteiger partial charge is 0.271 e. The SMILES string of the molecule is COc1ccc([N+](=O)[O-])cc1NC(=S)NCCCN(C)C. The van der Waals surface area contributed by atoms with Crippen LogP contribution in [-0.4, -0.2) is 49.2 Å². The maximum absolute atomic E-state index is 10.8. The molecule has 0 saturated heterocycles. The van der Waals surface area contributed by atoms with Crippen LogP contribution in [0.3, 0.4) is 0 Å². The zero-order chi connectivity index (χ0) is 15.8. The molecule has 0 atom stereocenters. The van der Waals surface area contributed by atoms with Gasteiger partial charge in [0.25, 0.3) is 5.69 Å². The minimum absolute atomic E-state index is 0.0197. The summed E-state index contributed by atoms with van der Waals surface area (Å²) in [5, 5.41) is 17.2. The Kier molecular flexibility index (Phi) is 6.83. The van der Waals surface area contributed by atoms with Crippen molar-refractivity contribution in [3.05, 3.63) is 28.3 Å². The van der Waals surface area contributed by atoms with Gasteiger partial charge in [0, 0.05) is 18.7 Å². The van der Waals surface area contributed by atoms with Gasteiger partial charge in [-0.25, -0.2) is 0 Å². The van der Waals surface area contributed by atoms with E-state index in [1.807, 2.05) is 14.1 Å². The Morgan fingerprint density at radius 1 is 1.48 bits per heavy atom. The molecule has 0 saturated carbocycles. The summed E-state index contributed by atoms with van der Waals surface area (Å²) in [5.74, 6) is 0.498. The van der Waals surface area contributed by atoms with Crippen molar-refractivity contribution < 1.29 is 9.66 Å². The zero-order valence-corrected chi connectivity index (χ0v) is 13.2. The quantitative estimate of drug-likeness (QED) is 0.344. The Hall–Kier alpha value is -1.93. The van der Waals surface area contributed by atoms with Crippen LogP contribution < -0.4 is 15.4 Å². The lowest BCUT2D eigenvalue weighted by Crippen LogP contribution is -2.31. The van der Waals surface area contributed by atoms with Gasteiger partial charge in [0.05, 0.1) is 17.7 Å². The molecule has 0 amide bonds. The molecule has 0 aliphatic heterocycles. The minimum atomic E-state index is -0.460. The van der Waals surface area contributed by atoms with Gasteiger partial charge in [-0.3, -0.25) is 10.1 Å². The number of nitrogens with zero attached hydrogens (tertiary/aromatic N) is 2. The first-order valence-electron chi connectivity index (χ1n) is 6.46. The highest BCUT2D eigenvalue weighted by Crippen LogP contribution is 2.28. The Balaban J connectivity index is 2.61. The van der Waals surface area contributed by atoms with Gasteiger partial charge in [-0.2, -0.15) is 0 Å². The number of rotatable bonds is 7. The molecular formula is C13H20N4O3S. The molecule has 0 aliphatic carbocycles. The highest BCUT2D eigenvalue weighted by Gasteiger charge is 2.12. The number of benzene rings is 1. The number of methoxy groups -OCH3 is 1. The van der Waals surface area contributed by atoms with E-state index in [9.17, 15) is 10.1 Å². The zero-order valence-electron chi connectivity index (χ0n) is 12.4. The van der Waals surface area contributed by atoms with Crippen LogP contribution in [0.25, 0.3) is 0 Å². The molecule has 0 fully saturated rings. The lowest BCUT2D eigenvalue weighted by atomic mass is 10.2. The second-order valence-electron chi connectivity index (χ2n) is 4.68. The van der Waals surface area contributed by atoms with Crippen LogP contribution in [0.1, 0.15) is 6.42 Å². The lowest BCUT2D eigenvalue weighted by Gasteiger charge is -2.14. The molecule has 0 bridgehead atoms. The Bertz CT molecular complexity index is 508. The third-order valence-corrected chi connectivity index (χ3v) is 2.96. The van der Waals surface area contributed by atoms with E-state index in [2.05, 4.69) is 15.5 Å². The number of hydrogen-bond donors (Lipinski definition) is 2. The van der Waals surface area contributed by atoms with Crippen molar-refractivity contribution in [2.24, 2.45) is 0 Å². The molecule has 116 valence electrons.